The minimum absolute atomic E-state index is 0.188. The van der Waals surface area contributed by atoms with Gasteiger partial charge in [-0.05, 0) is 43.5 Å². The quantitative estimate of drug-likeness (QED) is 0.789. The number of piperidine rings is 1. The third-order valence-corrected chi connectivity index (χ3v) is 3.87. The highest BCUT2D eigenvalue weighted by Crippen LogP contribution is 2.23. The Hall–Kier alpha value is -1.75. The summed E-state index contributed by atoms with van der Waals surface area (Å²) in [5, 5.41) is 9.12. The molecule has 1 saturated heterocycles. The van der Waals surface area contributed by atoms with Crippen LogP contribution in [0.3, 0.4) is 0 Å². The van der Waals surface area contributed by atoms with Crippen LogP contribution in [-0.2, 0) is 0 Å². The normalized spacial score (nSPS) is 22.1. The van der Waals surface area contributed by atoms with E-state index in [0.717, 1.165) is 13.1 Å². The van der Waals surface area contributed by atoms with Crippen molar-refractivity contribution in [3.05, 3.63) is 24.3 Å². The second kappa shape index (κ2) is 7.14. The molecule has 1 heterocycles. The Kier molecular flexibility index (Phi) is 5.24. The number of hydrogen-bond acceptors (Lipinski definition) is 3. The molecule has 0 aliphatic carbocycles. The van der Waals surface area contributed by atoms with E-state index in [2.05, 4.69) is 22.9 Å². The van der Waals surface area contributed by atoms with E-state index in [1.165, 1.54) is 6.42 Å². The molecule has 1 aliphatic heterocycles. The Morgan fingerprint density at radius 2 is 2.25 bits per heavy atom. The van der Waals surface area contributed by atoms with Crippen molar-refractivity contribution in [1.82, 2.24) is 10.6 Å². The van der Waals surface area contributed by atoms with Crippen molar-refractivity contribution in [3.8, 4) is 5.75 Å². The monoisotopic (exact) mass is 277 g/mol. The first-order valence-electron chi connectivity index (χ1n) is 7.09. The molecule has 0 bridgehead atoms. The van der Waals surface area contributed by atoms with E-state index in [1.54, 1.807) is 7.11 Å². The molecule has 2 rings (SSSR count). The van der Waals surface area contributed by atoms with E-state index in [4.69, 9.17) is 4.74 Å². The first-order valence-corrected chi connectivity index (χ1v) is 7.09. The maximum atomic E-state index is 11.9. The van der Waals surface area contributed by atoms with Crippen molar-refractivity contribution >= 4 is 11.7 Å². The lowest BCUT2D eigenvalue weighted by molar-refractivity contribution is 0.238. The number of nitrogens with one attached hydrogen (secondary N) is 3. The zero-order chi connectivity index (χ0) is 14.4. The molecule has 1 fully saturated rings. The third kappa shape index (κ3) is 3.87. The van der Waals surface area contributed by atoms with Crippen molar-refractivity contribution in [2.24, 2.45) is 11.8 Å². The second-order valence-electron chi connectivity index (χ2n) is 5.27. The van der Waals surface area contributed by atoms with Gasteiger partial charge >= 0.3 is 6.03 Å². The predicted molar refractivity (Wildman–Crippen MR) is 80.2 cm³/mol. The Balaban J connectivity index is 1.83. The highest BCUT2D eigenvalue weighted by Gasteiger charge is 2.21. The van der Waals surface area contributed by atoms with Gasteiger partial charge in [-0.15, -0.1) is 0 Å². The Morgan fingerprint density at radius 1 is 1.45 bits per heavy atom. The summed E-state index contributed by atoms with van der Waals surface area (Å²) in [4.78, 5) is 11.9. The lowest BCUT2D eigenvalue weighted by Crippen LogP contribution is -2.43. The molecule has 1 aromatic carbocycles. The summed E-state index contributed by atoms with van der Waals surface area (Å²) < 4.78 is 5.21. The maximum Gasteiger partial charge on any atom is 0.319 e. The number of anilines is 1. The van der Waals surface area contributed by atoms with Gasteiger partial charge in [0.05, 0.1) is 12.8 Å². The molecule has 2 unspecified atom stereocenters. The molecule has 1 aliphatic rings. The highest BCUT2D eigenvalue weighted by molar-refractivity contribution is 5.90. The van der Waals surface area contributed by atoms with Gasteiger partial charge in [0.2, 0.25) is 0 Å². The molecule has 110 valence electrons. The molecule has 0 spiro atoms. The summed E-state index contributed by atoms with van der Waals surface area (Å²) in [5.74, 6) is 1.80. The van der Waals surface area contributed by atoms with Gasteiger partial charge in [0.15, 0.2) is 0 Å². The van der Waals surface area contributed by atoms with Gasteiger partial charge in [-0.25, -0.2) is 4.79 Å². The molecule has 20 heavy (non-hydrogen) atoms. The van der Waals surface area contributed by atoms with E-state index in [-0.39, 0.29) is 6.03 Å². The number of hydrogen-bond donors (Lipinski definition) is 3. The molecule has 5 nitrogen and oxygen atoms in total. The Morgan fingerprint density at radius 3 is 3.00 bits per heavy atom. The van der Waals surface area contributed by atoms with Crippen molar-refractivity contribution < 1.29 is 9.53 Å². The number of para-hydroxylation sites is 2. The van der Waals surface area contributed by atoms with Gasteiger partial charge < -0.3 is 20.7 Å². The molecule has 0 radical (unpaired) electrons. The standard InChI is InChI=1S/C15H23N3O2/c1-11-7-8-16-9-12(11)10-17-15(19)18-13-5-3-4-6-14(13)20-2/h3-6,11-12,16H,7-10H2,1-2H3,(H2,17,18,19). The van der Waals surface area contributed by atoms with Gasteiger partial charge in [0, 0.05) is 6.54 Å². The van der Waals surface area contributed by atoms with Crippen molar-refractivity contribution in [1.29, 1.82) is 0 Å². The number of carbonyl (C=O) groups excluding carboxylic acids is 1. The van der Waals surface area contributed by atoms with Crippen LogP contribution in [0, 0.1) is 11.8 Å². The number of amides is 2. The average molecular weight is 277 g/mol. The molecule has 5 heteroatoms. The number of benzene rings is 1. The fraction of sp³-hybridized carbons (Fsp3) is 0.533. The zero-order valence-electron chi connectivity index (χ0n) is 12.1. The first-order chi connectivity index (χ1) is 9.70. The molecule has 3 N–H and O–H groups in total. The van der Waals surface area contributed by atoms with Crippen LogP contribution in [0.25, 0.3) is 0 Å². The fourth-order valence-corrected chi connectivity index (χ4v) is 2.47. The lowest BCUT2D eigenvalue weighted by atomic mass is 9.88. The maximum absolute atomic E-state index is 11.9. The van der Waals surface area contributed by atoms with Gasteiger partial charge in [-0.3, -0.25) is 0 Å². The number of methoxy groups -OCH3 is 1. The van der Waals surface area contributed by atoms with Gasteiger partial charge in [0.25, 0.3) is 0 Å². The van der Waals surface area contributed by atoms with Crippen LogP contribution in [-0.4, -0.2) is 32.8 Å². The average Bonchev–Trinajstić information content (AvgIpc) is 2.47. The van der Waals surface area contributed by atoms with Crippen LogP contribution < -0.4 is 20.7 Å². The van der Waals surface area contributed by atoms with Crippen LogP contribution in [0.4, 0.5) is 10.5 Å². The van der Waals surface area contributed by atoms with Crippen LogP contribution in [0.5, 0.6) is 5.75 Å². The summed E-state index contributed by atoms with van der Waals surface area (Å²) in [5.41, 5.74) is 0.683. The topological polar surface area (TPSA) is 62.4 Å². The van der Waals surface area contributed by atoms with Crippen LogP contribution in [0.15, 0.2) is 24.3 Å². The number of carbonyl (C=O) groups is 1. The zero-order valence-corrected chi connectivity index (χ0v) is 12.1. The van der Waals surface area contributed by atoms with Gasteiger partial charge in [0.1, 0.15) is 5.75 Å². The van der Waals surface area contributed by atoms with Crippen LogP contribution in [0.2, 0.25) is 0 Å². The molecule has 2 atom stereocenters. The Bertz CT molecular complexity index is 450. The van der Waals surface area contributed by atoms with Crippen molar-refractivity contribution in [2.75, 3.05) is 32.1 Å². The molecule has 0 aromatic heterocycles. The molecular weight excluding hydrogens is 254 g/mol. The molecule has 2 amide bonds. The summed E-state index contributed by atoms with van der Waals surface area (Å²) in [7, 11) is 1.59. The van der Waals surface area contributed by atoms with E-state index >= 15 is 0 Å². The van der Waals surface area contributed by atoms with Crippen LogP contribution in [0.1, 0.15) is 13.3 Å². The van der Waals surface area contributed by atoms with E-state index in [9.17, 15) is 4.79 Å². The number of rotatable bonds is 4. The summed E-state index contributed by atoms with van der Waals surface area (Å²) >= 11 is 0. The van der Waals surface area contributed by atoms with E-state index in [1.807, 2.05) is 24.3 Å². The largest absolute Gasteiger partial charge is 0.495 e. The molecular formula is C15H23N3O2. The third-order valence-electron chi connectivity index (χ3n) is 3.87. The molecule has 0 saturated carbocycles. The van der Waals surface area contributed by atoms with Crippen molar-refractivity contribution in [3.63, 3.8) is 0 Å². The van der Waals surface area contributed by atoms with Gasteiger partial charge in [-0.1, -0.05) is 19.1 Å². The SMILES string of the molecule is COc1ccccc1NC(=O)NCC1CNCCC1C. The van der Waals surface area contributed by atoms with E-state index < -0.39 is 0 Å². The first kappa shape index (κ1) is 14.7. The second-order valence-corrected chi connectivity index (χ2v) is 5.27. The highest BCUT2D eigenvalue weighted by atomic mass is 16.5. The molecule has 1 aromatic rings. The van der Waals surface area contributed by atoms with Crippen LogP contribution >= 0.6 is 0 Å². The summed E-state index contributed by atoms with van der Waals surface area (Å²) in [6.45, 7) is 4.97. The van der Waals surface area contributed by atoms with Crippen molar-refractivity contribution in [2.45, 2.75) is 13.3 Å². The lowest BCUT2D eigenvalue weighted by Gasteiger charge is -2.29. The Labute approximate surface area is 120 Å². The fourth-order valence-electron chi connectivity index (χ4n) is 2.47. The van der Waals surface area contributed by atoms with E-state index in [0.29, 0.717) is 29.8 Å². The smallest absolute Gasteiger partial charge is 0.319 e. The predicted octanol–water partition coefficient (Wildman–Crippen LogP) is 2.06. The number of ether oxygens (including phenoxy) is 1. The number of urea groups is 1. The minimum atomic E-state index is -0.188. The van der Waals surface area contributed by atoms with Gasteiger partial charge in [-0.2, -0.15) is 0 Å². The minimum Gasteiger partial charge on any atom is -0.495 e. The summed E-state index contributed by atoms with van der Waals surface area (Å²) in [6, 6.07) is 7.20. The summed E-state index contributed by atoms with van der Waals surface area (Å²) in [6.07, 6.45) is 1.17.